The molecule has 3 nitrogen and oxygen atoms in total. The maximum absolute atomic E-state index is 12.3. The van der Waals surface area contributed by atoms with Crippen molar-refractivity contribution >= 4 is 17.5 Å². The van der Waals surface area contributed by atoms with E-state index in [1.54, 1.807) is 6.92 Å². The van der Waals surface area contributed by atoms with Gasteiger partial charge < -0.3 is 4.90 Å². The van der Waals surface area contributed by atoms with Crippen molar-refractivity contribution in [1.82, 2.24) is 9.88 Å². The number of alkyl halides is 3. The summed E-state index contributed by atoms with van der Waals surface area (Å²) in [5, 5.41) is 0.105. The molecule has 1 rings (SSSR count). The molecule has 1 heterocycles. The highest BCUT2D eigenvalue weighted by Crippen LogP contribution is 2.21. The summed E-state index contributed by atoms with van der Waals surface area (Å²) in [5.41, 5.74) is 0.573. The third-order valence-electron chi connectivity index (χ3n) is 2.26. The summed E-state index contributed by atoms with van der Waals surface area (Å²) in [5.74, 6) is -0.771. The molecule has 0 spiro atoms. The van der Waals surface area contributed by atoms with Crippen molar-refractivity contribution in [1.29, 1.82) is 0 Å². The van der Waals surface area contributed by atoms with Crippen molar-refractivity contribution in [3.63, 3.8) is 0 Å². The summed E-state index contributed by atoms with van der Waals surface area (Å²) in [7, 11) is 0. The van der Waals surface area contributed by atoms with Gasteiger partial charge in [0.05, 0.1) is 10.6 Å². The molecular weight excluding hydrogens is 269 g/mol. The van der Waals surface area contributed by atoms with Gasteiger partial charge in [-0.05, 0) is 19.9 Å². The van der Waals surface area contributed by atoms with Crippen LogP contribution in [0.3, 0.4) is 0 Å². The van der Waals surface area contributed by atoms with Crippen molar-refractivity contribution in [2.75, 3.05) is 13.1 Å². The van der Waals surface area contributed by atoms with Gasteiger partial charge in [0.15, 0.2) is 0 Å². The molecule has 0 fully saturated rings. The minimum absolute atomic E-state index is 0.0200. The fraction of sp³-hybridized carbons (Fsp3) is 0.455. The van der Waals surface area contributed by atoms with Crippen molar-refractivity contribution in [2.45, 2.75) is 20.0 Å². The van der Waals surface area contributed by atoms with E-state index in [0.29, 0.717) is 10.6 Å². The van der Waals surface area contributed by atoms with Crippen LogP contribution in [0.4, 0.5) is 13.2 Å². The maximum atomic E-state index is 12.3. The first-order valence-electron chi connectivity index (χ1n) is 5.22. The average molecular weight is 281 g/mol. The van der Waals surface area contributed by atoms with E-state index in [1.165, 1.54) is 19.2 Å². The van der Waals surface area contributed by atoms with Gasteiger partial charge in [-0.2, -0.15) is 13.2 Å². The van der Waals surface area contributed by atoms with Crippen molar-refractivity contribution in [3.8, 4) is 0 Å². The Balaban J connectivity index is 2.97. The number of aryl methyl sites for hydroxylation is 1. The molecule has 0 saturated heterocycles. The Hall–Kier alpha value is -1.30. The smallest absolute Gasteiger partial charge is 0.330 e. The summed E-state index contributed by atoms with van der Waals surface area (Å²) in [6.07, 6.45) is -3.24. The van der Waals surface area contributed by atoms with E-state index >= 15 is 0 Å². The van der Waals surface area contributed by atoms with Crippen LogP contribution in [-0.2, 0) is 0 Å². The van der Waals surface area contributed by atoms with E-state index in [0.717, 1.165) is 0 Å². The fourth-order valence-electron chi connectivity index (χ4n) is 1.40. The second kappa shape index (κ2) is 5.56. The molecule has 0 aliphatic heterocycles. The molecule has 0 radical (unpaired) electrons. The van der Waals surface area contributed by atoms with E-state index < -0.39 is 18.6 Å². The van der Waals surface area contributed by atoms with Crippen molar-refractivity contribution in [3.05, 3.63) is 28.5 Å². The first-order valence-corrected chi connectivity index (χ1v) is 5.60. The number of hydrogen-bond donors (Lipinski definition) is 0. The van der Waals surface area contributed by atoms with E-state index in [1.807, 2.05) is 0 Å². The average Bonchev–Trinajstić information content (AvgIpc) is 2.24. The Bertz CT molecular complexity index is 448. The molecule has 1 amide bonds. The first-order chi connectivity index (χ1) is 8.24. The third kappa shape index (κ3) is 3.87. The summed E-state index contributed by atoms with van der Waals surface area (Å²) >= 11 is 5.83. The predicted octanol–water partition coefficient (Wildman–Crippen LogP) is 3.07. The fourth-order valence-corrected chi connectivity index (χ4v) is 1.69. The molecule has 0 aliphatic rings. The molecule has 0 atom stereocenters. The second-order valence-electron chi connectivity index (χ2n) is 3.74. The number of nitrogens with zero attached hydrogens (tertiary/aromatic N) is 2. The van der Waals surface area contributed by atoms with Gasteiger partial charge in [-0.3, -0.25) is 9.78 Å². The van der Waals surface area contributed by atoms with Crippen LogP contribution in [0.2, 0.25) is 5.02 Å². The summed E-state index contributed by atoms with van der Waals surface area (Å²) in [6.45, 7) is 1.79. The van der Waals surface area contributed by atoms with Gasteiger partial charge in [0.2, 0.25) is 0 Å². The lowest BCUT2D eigenvalue weighted by Gasteiger charge is -2.22. The quantitative estimate of drug-likeness (QED) is 0.852. The molecule has 0 bridgehead atoms. The third-order valence-corrected chi connectivity index (χ3v) is 2.57. The standard InChI is InChI=1S/C11H12ClF3N2O/c1-3-17(6-11(13,14)15)10(18)8-5-16-7(2)4-9(8)12/h4-5H,3,6H2,1-2H3. The van der Waals surface area contributed by atoms with Gasteiger partial charge in [0.1, 0.15) is 6.54 Å². The minimum Gasteiger partial charge on any atom is -0.330 e. The van der Waals surface area contributed by atoms with E-state index in [9.17, 15) is 18.0 Å². The van der Waals surface area contributed by atoms with E-state index in [2.05, 4.69) is 4.98 Å². The zero-order valence-corrected chi connectivity index (χ0v) is 10.6. The Labute approximate surface area is 108 Å². The molecule has 0 aromatic carbocycles. The van der Waals surface area contributed by atoms with Crippen LogP contribution < -0.4 is 0 Å². The highest BCUT2D eigenvalue weighted by Gasteiger charge is 2.33. The lowest BCUT2D eigenvalue weighted by atomic mass is 10.2. The van der Waals surface area contributed by atoms with Gasteiger partial charge in [0, 0.05) is 18.4 Å². The number of aromatic nitrogens is 1. The Morgan fingerprint density at radius 1 is 1.50 bits per heavy atom. The lowest BCUT2D eigenvalue weighted by Crippen LogP contribution is -2.39. The number of carbonyl (C=O) groups is 1. The molecule has 0 unspecified atom stereocenters. The molecular formula is C11H12ClF3N2O. The Morgan fingerprint density at radius 3 is 2.56 bits per heavy atom. The summed E-state index contributed by atoms with van der Waals surface area (Å²) in [6, 6.07) is 1.44. The lowest BCUT2D eigenvalue weighted by molar-refractivity contribution is -0.140. The largest absolute Gasteiger partial charge is 0.406 e. The van der Waals surface area contributed by atoms with E-state index in [4.69, 9.17) is 11.6 Å². The number of halogens is 4. The maximum Gasteiger partial charge on any atom is 0.406 e. The number of pyridine rings is 1. The van der Waals surface area contributed by atoms with E-state index in [-0.39, 0.29) is 17.1 Å². The molecule has 7 heteroatoms. The zero-order chi connectivity index (χ0) is 13.9. The topological polar surface area (TPSA) is 33.2 Å². The van der Waals surface area contributed by atoms with Crippen LogP contribution >= 0.6 is 11.6 Å². The molecule has 1 aromatic heterocycles. The van der Waals surface area contributed by atoms with Gasteiger partial charge in [-0.1, -0.05) is 11.6 Å². The molecule has 0 aliphatic carbocycles. The number of rotatable bonds is 3. The van der Waals surface area contributed by atoms with Crippen molar-refractivity contribution < 1.29 is 18.0 Å². The van der Waals surface area contributed by atoms with Crippen LogP contribution in [0.25, 0.3) is 0 Å². The Kier molecular flexibility index (Phi) is 4.56. The minimum atomic E-state index is -4.43. The van der Waals surface area contributed by atoms with Crippen LogP contribution in [0.15, 0.2) is 12.3 Å². The Morgan fingerprint density at radius 2 is 2.11 bits per heavy atom. The van der Waals surface area contributed by atoms with Gasteiger partial charge >= 0.3 is 6.18 Å². The summed E-state index contributed by atoms with van der Waals surface area (Å²) in [4.78, 5) is 16.4. The number of hydrogen-bond acceptors (Lipinski definition) is 2. The van der Waals surface area contributed by atoms with Crippen LogP contribution in [0.5, 0.6) is 0 Å². The van der Waals surface area contributed by atoms with Gasteiger partial charge in [-0.25, -0.2) is 0 Å². The normalized spacial score (nSPS) is 11.4. The second-order valence-corrected chi connectivity index (χ2v) is 4.15. The highest BCUT2D eigenvalue weighted by atomic mass is 35.5. The molecule has 0 N–H and O–H groups in total. The highest BCUT2D eigenvalue weighted by molar-refractivity contribution is 6.33. The molecule has 100 valence electrons. The zero-order valence-electron chi connectivity index (χ0n) is 9.88. The number of amides is 1. The van der Waals surface area contributed by atoms with Gasteiger partial charge in [-0.15, -0.1) is 0 Å². The van der Waals surface area contributed by atoms with Crippen molar-refractivity contribution in [2.24, 2.45) is 0 Å². The van der Waals surface area contributed by atoms with Crippen LogP contribution in [0, 0.1) is 6.92 Å². The monoisotopic (exact) mass is 280 g/mol. The van der Waals surface area contributed by atoms with Crippen LogP contribution in [-0.4, -0.2) is 35.1 Å². The SMILES string of the molecule is CCN(CC(F)(F)F)C(=O)c1cnc(C)cc1Cl. The molecule has 1 aromatic rings. The molecule has 18 heavy (non-hydrogen) atoms. The van der Waals surface area contributed by atoms with Gasteiger partial charge in [0.25, 0.3) is 5.91 Å². The molecule has 0 saturated carbocycles. The van der Waals surface area contributed by atoms with Crippen LogP contribution in [0.1, 0.15) is 23.0 Å². The first kappa shape index (κ1) is 14.8. The number of carbonyl (C=O) groups excluding carboxylic acids is 1. The summed E-state index contributed by atoms with van der Waals surface area (Å²) < 4.78 is 36.9. The predicted molar refractivity (Wildman–Crippen MR) is 61.6 cm³/mol.